The number of ether oxygens (including phenoxy) is 2. The number of hydrogen-bond donors (Lipinski definition) is 0. The zero-order valence-electron chi connectivity index (χ0n) is 17.4. The predicted molar refractivity (Wildman–Crippen MR) is 106 cm³/mol. The molecule has 0 radical (unpaired) electrons. The molecule has 1 unspecified atom stereocenters. The normalized spacial score (nSPS) is 20.9. The molecule has 1 aromatic heterocycles. The molecule has 1 saturated heterocycles. The van der Waals surface area contributed by atoms with Crippen molar-refractivity contribution in [2.24, 2.45) is 10.8 Å². The molecule has 152 valence electrons. The minimum atomic E-state index is -0.706. The summed E-state index contributed by atoms with van der Waals surface area (Å²) in [5, 5.41) is 0. The van der Waals surface area contributed by atoms with Crippen molar-refractivity contribution in [2.75, 3.05) is 4.90 Å². The number of aromatic nitrogens is 2. The fourth-order valence-corrected chi connectivity index (χ4v) is 3.78. The first kappa shape index (κ1) is 19.5. The van der Waals surface area contributed by atoms with Gasteiger partial charge in [-0.3, -0.25) is 9.59 Å². The van der Waals surface area contributed by atoms with Gasteiger partial charge in [0.15, 0.2) is 0 Å². The van der Waals surface area contributed by atoms with Crippen LogP contribution < -0.4 is 9.64 Å². The van der Waals surface area contributed by atoms with Crippen LogP contribution in [0, 0.1) is 10.8 Å². The largest absolute Gasteiger partial charge is 0.424 e. The van der Waals surface area contributed by atoms with E-state index in [0.29, 0.717) is 18.0 Å². The number of benzene rings is 1. The van der Waals surface area contributed by atoms with Gasteiger partial charge in [0.25, 0.3) is 0 Å². The Morgan fingerprint density at radius 2 is 1.86 bits per heavy atom. The van der Waals surface area contributed by atoms with Gasteiger partial charge in [-0.05, 0) is 28.7 Å². The third-order valence-corrected chi connectivity index (χ3v) is 5.30. The highest BCUT2D eigenvalue weighted by Gasteiger charge is 2.45. The lowest BCUT2D eigenvalue weighted by Gasteiger charge is -2.26. The minimum absolute atomic E-state index is 0.000102. The molecule has 4 rings (SSSR count). The van der Waals surface area contributed by atoms with E-state index in [-0.39, 0.29) is 35.8 Å². The standard InChI is InChI=1S/C22H25N3O4/c1-21(2,3)18-16-8-15(7-6-13(16)12-28-18)29-20-23-10-14(11-24-20)25-17(26)9-22(4,5)19(25)27/h6-8,10-11,18H,9,12H2,1-5H3. The van der Waals surface area contributed by atoms with Crippen LogP contribution in [0.1, 0.15) is 58.3 Å². The van der Waals surface area contributed by atoms with E-state index in [1.165, 1.54) is 12.4 Å². The van der Waals surface area contributed by atoms with Crippen LogP contribution in [0.3, 0.4) is 0 Å². The summed E-state index contributed by atoms with van der Waals surface area (Å²) in [6.07, 6.45) is 3.05. The van der Waals surface area contributed by atoms with Crippen molar-refractivity contribution < 1.29 is 19.1 Å². The number of nitrogens with zero attached hydrogens (tertiary/aromatic N) is 3. The third-order valence-electron chi connectivity index (χ3n) is 5.30. The second kappa shape index (κ2) is 6.62. The maximum absolute atomic E-state index is 12.4. The monoisotopic (exact) mass is 395 g/mol. The van der Waals surface area contributed by atoms with Crippen LogP contribution in [-0.4, -0.2) is 21.8 Å². The topological polar surface area (TPSA) is 81.6 Å². The lowest BCUT2D eigenvalue weighted by atomic mass is 9.84. The van der Waals surface area contributed by atoms with E-state index < -0.39 is 5.41 Å². The number of carbonyl (C=O) groups is 2. The van der Waals surface area contributed by atoms with Crippen LogP contribution in [0.4, 0.5) is 5.69 Å². The van der Waals surface area contributed by atoms with Gasteiger partial charge in [0.05, 0.1) is 36.2 Å². The van der Waals surface area contributed by atoms with E-state index in [1.807, 2.05) is 18.2 Å². The van der Waals surface area contributed by atoms with Crippen molar-refractivity contribution in [2.45, 2.75) is 53.8 Å². The van der Waals surface area contributed by atoms with Crippen molar-refractivity contribution in [3.05, 3.63) is 41.7 Å². The Labute approximate surface area is 170 Å². The van der Waals surface area contributed by atoms with Gasteiger partial charge in [-0.2, -0.15) is 0 Å². The highest BCUT2D eigenvalue weighted by atomic mass is 16.5. The number of rotatable bonds is 3. The Morgan fingerprint density at radius 3 is 2.45 bits per heavy atom. The molecule has 2 aliphatic rings. The molecule has 0 N–H and O–H groups in total. The van der Waals surface area contributed by atoms with Crippen LogP contribution in [-0.2, 0) is 20.9 Å². The first-order valence-corrected chi connectivity index (χ1v) is 9.68. The number of fused-ring (bicyclic) bond motifs is 1. The maximum Gasteiger partial charge on any atom is 0.322 e. The summed E-state index contributed by atoms with van der Waals surface area (Å²) in [4.78, 5) is 34.2. The summed E-state index contributed by atoms with van der Waals surface area (Å²) in [6, 6.07) is 5.97. The summed E-state index contributed by atoms with van der Waals surface area (Å²) in [6.45, 7) is 10.5. The molecular weight excluding hydrogens is 370 g/mol. The van der Waals surface area contributed by atoms with E-state index in [2.05, 4.69) is 30.7 Å². The number of carbonyl (C=O) groups excluding carboxylic acids is 2. The van der Waals surface area contributed by atoms with Crippen molar-refractivity contribution in [1.82, 2.24) is 9.97 Å². The minimum Gasteiger partial charge on any atom is -0.424 e. The van der Waals surface area contributed by atoms with E-state index in [9.17, 15) is 9.59 Å². The molecule has 0 bridgehead atoms. The van der Waals surface area contributed by atoms with Crippen molar-refractivity contribution in [3.8, 4) is 11.8 Å². The summed E-state index contributed by atoms with van der Waals surface area (Å²) < 4.78 is 11.8. The molecule has 2 aliphatic heterocycles. The molecule has 3 heterocycles. The fourth-order valence-electron chi connectivity index (χ4n) is 3.78. The molecule has 7 heteroatoms. The number of amides is 2. The highest BCUT2D eigenvalue weighted by molar-refractivity contribution is 6.22. The molecule has 0 saturated carbocycles. The lowest BCUT2D eigenvalue weighted by molar-refractivity contribution is -0.124. The number of hydrogen-bond acceptors (Lipinski definition) is 6. The Kier molecular flexibility index (Phi) is 4.46. The summed E-state index contributed by atoms with van der Waals surface area (Å²) >= 11 is 0. The van der Waals surface area contributed by atoms with Gasteiger partial charge in [0, 0.05) is 6.42 Å². The molecule has 7 nitrogen and oxygen atoms in total. The second-order valence-corrected chi connectivity index (χ2v) is 9.34. The van der Waals surface area contributed by atoms with Gasteiger partial charge in [-0.25, -0.2) is 14.9 Å². The lowest BCUT2D eigenvalue weighted by Crippen LogP contribution is -2.33. The van der Waals surface area contributed by atoms with Gasteiger partial charge in [-0.15, -0.1) is 0 Å². The third kappa shape index (κ3) is 3.51. The number of anilines is 1. The highest BCUT2D eigenvalue weighted by Crippen LogP contribution is 2.44. The zero-order valence-corrected chi connectivity index (χ0v) is 17.4. The van der Waals surface area contributed by atoms with Gasteiger partial charge < -0.3 is 9.47 Å². The molecule has 2 amide bonds. The van der Waals surface area contributed by atoms with E-state index >= 15 is 0 Å². The fraction of sp³-hybridized carbons (Fsp3) is 0.455. The first-order chi connectivity index (χ1) is 13.6. The first-order valence-electron chi connectivity index (χ1n) is 9.68. The molecule has 1 atom stereocenters. The van der Waals surface area contributed by atoms with Crippen molar-refractivity contribution in [1.29, 1.82) is 0 Å². The van der Waals surface area contributed by atoms with Gasteiger partial charge in [0.1, 0.15) is 5.75 Å². The molecule has 0 spiro atoms. The molecule has 0 aliphatic carbocycles. The van der Waals surface area contributed by atoms with Crippen LogP contribution in [0.25, 0.3) is 0 Å². The van der Waals surface area contributed by atoms with Gasteiger partial charge >= 0.3 is 6.01 Å². The molecule has 29 heavy (non-hydrogen) atoms. The smallest absolute Gasteiger partial charge is 0.322 e. The van der Waals surface area contributed by atoms with E-state index in [0.717, 1.165) is 16.0 Å². The Hall–Kier alpha value is -2.80. The van der Waals surface area contributed by atoms with E-state index in [4.69, 9.17) is 9.47 Å². The Bertz CT molecular complexity index is 977. The quantitative estimate of drug-likeness (QED) is 0.726. The molecule has 2 aromatic rings. The molecule has 1 aromatic carbocycles. The summed E-state index contributed by atoms with van der Waals surface area (Å²) in [7, 11) is 0. The maximum atomic E-state index is 12.4. The van der Waals surface area contributed by atoms with Crippen LogP contribution in [0.15, 0.2) is 30.6 Å². The van der Waals surface area contributed by atoms with Crippen LogP contribution in [0.2, 0.25) is 0 Å². The van der Waals surface area contributed by atoms with Crippen molar-refractivity contribution in [3.63, 3.8) is 0 Å². The van der Waals surface area contributed by atoms with Gasteiger partial charge in [-0.1, -0.05) is 40.7 Å². The average Bonchev–Trinajstić information content (AvgIpc) is 3.14. The zero-order chi connectivity index (χ0) is 21.0. The Balaban J connectivity index is 1.53. The van der Waals surface area contributed by atoms with Crippen LogP contribution in [0.5, 0.6) is 11.8 Å². The van der Waals surface area contributed by atoms with Gasteiger partial charge in [0.2, 0.25) is 11.8 Å². The van der Waals surface area contributed by atoms with Crippen LogP contribution >= 0.6 is 0 Å². The summed E-state index contributed by atoms with van der Waals surface area (Å²) in [5.41, 5.74) is 1.89. The SMILES string of the molecule is CC1(C)CC(=O)N(c2cnc(Oc3ccc4c(c3)C(C(C)(C)C)OC4)nc2)C1=O. The number of imide groups is 1. The molecular formula is C22H25N3O4. The van der Waals surface area contributed by atoms with E-state index in [1.54, 1.807) is 13.8 Å². The van der Waals surface area contributed by atoms with Crippen molar-refractivity contribution >= 4 is 17.5 Å². The second-order valence-electron chi connectivity index (χ2n) is 9.34. The Morgan fingerprint density at radius 1 is 1.17 bits per heavy atom. The average molecular weight is 395 g/mol. The predicted octanol–water partition coefficient (Wildman–Crippen LogP) is 4.18. The molecule has 1 fully saturated rings. The summed E-state index contributed by atoms with van der Waals surface area (Å²) in [5.74, 6) is 0.126.